The molecule has 1 unspecified atom stereocenters. The van der Waals surface area contributed by atoms with E-state index in [0.29, 0.717) is 17.8 Å². The third kappa shape index (κ3) is 3.78. The Bertz CT molecular complexity index is 815. The van der Waals surface area contributed by atoms with E-state index >= 15 is 0 Å². The van der Waals surface area contributed by atoms with Crippen LogP contribution in [0.25, 0.3) is 0 Å². The van der Waals surface area contributed by atoms with Crippen molar-refractivity contribution < 1.29 is 9.18 Å². The van der Waals surface area contributed by atoms with Gasteiger partial charge in [-0.2, -0.15) is 5.10 Å². The zero-order valence-corrected chi connectivity index (χ0v) is 12.9. The monoisotopic (exact) mass is 324 g/mol. The van der Waals surface area contributed by atoms with Crippen LogP contribution in [0.4, 0.5) is 10.1 Å². The van der Waals surface area contributed by atoms with E-state index in [1.54, 1.807) is 17.1 Å². The van der Waals surface area contributed by atoms with Crippen molar-refractivity contribution in [2.24, 2.45) is 5.73 Å². The molecule has 0 saturated heterocycles. The van der Waals surface area contributed by atoms with E-state index in [2.05, 4.69) is 10.4 Å². The first-order chi connectivity index (χ1) is 11.6. The summed E-state index contributed by atoms with van der Waals surface area (Å²) < 4.78 is 14.8. The average Bonchev–Trinajstić information content (AvgIpc) is 3.01. The highest BCUT2D eigenvalue weighted by atomic mass is 19.1. The molecular formula is C18H17FN4O. The first-order valence-corrected chi connectivity index (χ1v) is 7.49. The maximum absolute atomic E-state index is 13.0. The SMILES string of the molecule is NC(=O)C(Nc1cnn(Cc2ccccc2)c1)c1ccc(F)cc1. The summed E-state index contributed by atoms with van der Waals surface area (Å²) in [5.41, 5.74) is 7.85. The fourth-order valence-electron chi connectivity index (χ4n) is 2.44. The maximum atomic E-state index is 13.0. The summed E-state index contributed by atoms with van der Waals surface area (Å²) in [6, 6.07) is 14.8. The number of amides is 1. The van der Waals surface area contributed by atoms with Gasteiger partial charge in [-0.3, -0.25) is 9.48 Å². The fraction of sp³-hybridized carbons (Fsp3) is 0.111. The van der Waals surface area contributed by atoms with Crippen molar-refractivity contribution in [2.75, 3.05) is 5.32 Å². The van der Waals surface area contributed by atoms with E-state index in [1.807, 2.05) is 30.3 Å². The molecule has 0 bridgehead atoms. The largest absolute Gasteiger partial charge is 0.368 e. The first-order valence-electron chi connectivity index (χ1n) is 7.49. The third-order valence-corrected chi connectivity index (χ3v) is 3.62. The minimum absolute atomic E-state index is 0.363. The molecular weight excluding hydrogens is 307 g/mol. The number of hydrogen-bond donors (Lipinski definition) is 2. The van der Waals surface area contributed by atoms with Crippen LogP contribution in [0.3, 0.4) is 0 Å². The molecule has 1 amide bonds. The molecule has 3 aromatic rings. The van der Waals surface area contributed by atoms with Crippen LogP contribution in [0, 0.1) is 5.82 Å². The second-order valence-corrected chi connectivity index (χ2v) is 5.44. The Morgan fingerprint density at radius 3 is 2.54 bits per heavy atom. The Balaban J connectivity index is 1.74. The van der Waals surface area contributed by atoms with Crippen molar-refractivity contribution in [1.29, 1.82) is 0 Å². The summed E-state index contributed by atoms with van der Waals surface area (Å²) in [6.07, 6.45) is 3.43. The Kier molecular flexibility index (Phi) is 4.56. The van der Waals surface area contributed by atoms with Crippen LogP contribution in [0.15, 0.2) is 67.0 Å². The summed E-state index contributed by atoms with van der Waals surface area (Å²) in [4.78, 5) is 11.7. The van der Waals surface area contributed by atoms with Crippen molar-refractivity contribution in [3.8, 4) is 0 Å². The average molecular weight is 324 g/mol. The number of nitrogens with zero attached hydrogens (tertiary/aromatic N) is 2. The molecule has 0 aliphatic carbocycles. The van der Waals surface area contributed by atoms with Gasteiger partial charge in [0.25, 0.3) is 0 Å². The number of hydrogen-bond acceptors (Lipinski definition) is 3. The van der Waals surface area contributed by atoms with E-state index in [4.69, 9.17) is 5.73 Å². The minimum atomic E-state index is -0.750. The molecule has 2 aromatic carbocycles. The number of primary amides is 1. The van der Waals surface area contributed by atoms with Gasteiger partial charge in [0.1, 0.15) is 11.9 Å². The number of aromatic nitrogens is 2. The molecule has 1 aromatic heterocycles. The number of anilines is 1. The second kappa shape index (κ2) is 6.95. The van der Waals surface area contributed by atoms with E-state index in [1.165, 1.54) is 24.3 Å². The van der Waals surface area contributed by atoms with Crippen molar-refractivity contribution in [1.82, 2.24) is 9.78 Å². The van der Waals surface area contributed by atoms with Gasteiger partial charge in [-0.05, 0) is 23.3 Å². The lowest BCUT2D eigenvalue weighted by Crippen LogP contribution is -2.27. The second-order valence-electron chi connectivity index (χ2n) is 5.44. The number of carbonyl (C=O) groups excluding carboxylic acids is 1. The quantitative estimate of drug-likeness (QED) is 0.732. The number of nitrogens with two attached hydrogens (primary N) is 1. The van der Waals surface area contributed by atoms with Gasteiger partial charge in [0.05, 0.1) is 18.4 Å². The molecule has 0 aliphatic rings. The molecule has 0 radical (unpaired) electrons. The molecule has 0 saturated carbocycles. The molecule has 0 spiro atoms. The fourth-order valence-corrected chi connectivity index (χ4v) is 2.44. The van der Waals surface area contributed by atoms with Gasteiger partial charge < -0.3 is 11.1 Å². The predicted molar refractivity (Wildman–Crippen MR) is 89.7 cm³/mol. The Labute approximate surface area is 138 Å². The van der Waals surface area contributed by atoms with E-state index in [9.17, 15) is 9.18 Å². The van der Waals surface area contributed by atoms with Crippen molar-refractivity contribution >= 4 is 11.6 Å². The van der Waals surface area contributed by atoms with Gasteiger partial charge in [0.2, 0.25) is 5.91 Å². The Morgan fingerprint density at radius 1 is 1.17 bits per heavy atom. The molecule has 3 N–H and O–H groups in total. The van der Waals surface area contributed by atoms with Crippen LogP contribution in [0.1, 0.15) is 17.2 Å². The normalized spacial score (nSPS) is 11.9. The highest BCUT2D eigenvalue weighted by Gasteiger charge is 2.18. The maximum Gasteiger partial charge on any atom is 0.244 e. The van der Waals surface area contributed by atoms with Crippen molar-refractivity contribution in [2.45, 2.75) is 12.6 Å². The Morgan fingerprint density at radius 2 is 1.88 bits per heavy atom. The highest BCUT2D eigenvalue weighted by Crippen LogP contribution is 2.19. The molecule has 122 valence electrons. The summed E-state index contributed by atoms with van der Waals surface area (Å²) in [5.74, 6) is -0.907. The topological polar surface area (TPSA) is 72.9 Å². The molecule has 0 fully saturated rings. The van der Waals surface area contributed by atoms with Gasteiger partial charge in [-0.25, -0.2) is 4.39 Å². The van der Waals surface area contributed by atoms with Crippen molar-refractivity contribution in [3.05, 3.63) is 83.9 Å². The lowest BCUT2D eigenvalue weighted by Gasteiger charge is -2.15. The van der Waals surface area contributed by atoms with Crippen LogP contribution in [-0.4, -0.2) is 15.7 Å². The molecule has 5 nitrogen and oxygen atoms in total. The molecule has 0 aliphatic heterocycles. The van der Waals surface area contributed by atoms with Crippen LogP contribution in [0.5, 0.6) is 0 Å². The number of benzene rings is 2. The van der Waals surface area contributed by atoms with E-state index < -0.39 is 11.9 Å². The van der Waals surface area contributed by atoms with Crippen LogP contribution in [-0.2, 0) is 11.3 Å². The number of nitrogens with one attached hydrogen (secondary N) is 1. The summed E-state index contributed by atoms with van der Waals surface area (Å²) in [7, 11) is 0. The minimum Gasteiger partial charge on any atom is -0.368 e. The molecule has 6 heteroatoms. The zero-order valence-electron chi connectivity index (χ0n) is 12.9. The first kappa shape index (κ1) is 15.7. The predicted octanol–water partition coefficient (Wildman–Crippen LogP) is 2.71. The molecule has 1 heterocycles. The highest BCUT2D eigenvalue weighted by molar-refractivity contribution is 5.84. The standard InChI is InChI=1S/C18H17FN4O/c19-15-8-6-14(7-9-15)17(18(20)24)22-16-10-21-23(12-16)11-13-4-2-1-3-5-13/h1-10,12,17,22H,11H2,(H2,20,24). The smallest absolute Gasteiger partial charge is 0.244 e. The number of halogens is 1. The summed E-state index contributed by atoms with van der Waals surface area (Å²) >= 11 is 0. The lowest BCUT2D eigenvalue weighted by molar-refractivity contribution is -0.118. The van der Waals surface area contributed by atoms with Gasteiger partial charge in [-0.15, -0.1) is 0 Å². The van der Waals surface area contributed by atoms with E-state index in [0.717, 1.165) is 5.56 Å². The summed E-state index contributed by atoms with van der Waals surface area (Å²) in [5, 5.41) is 7.31. The number of carbonyl (C=O) groups is 1. The zero-order chi connectivity index (χ0) is 16.9. The van der Waals surface area contributed by atoms with Gasteiger partial charge in [-0.1, -0.05) is 42.5 Å². The summed E-state index contributed by atoms with van der Waals surface area (Å²) in [6.45, 7) is 0.625. The van der Waals surface area contributed by atoms with Crippen molar-refractivity contribution in [3.63, 3.8) is 0 Å². The van der Waals surface area contributed by atoms with Gasteiger partial charge >= 0.3 is 0 Å². The van der Waals surface area contributed by atoms with Crippen LogP contribution < -0.4 is 11.1 Å². The van der Waals surface area contributed by atoms with Crippen LogP contribution in [0.2, 0.25) is 0 Å². The van der Waals surface area contributed by atoms with Gasteiger partial charge in [0.15, 0.2) is 0 Å². The van der Waals surface area contributed by atoms with E-state index in [-0.39, 0.29) is 5.82 Å². The van der Waals surface area contributed by atoms with Gasteiger partial charge in [0, 0.05) is 6.20 Å². The third-order valence-electron chi connectivity index (χ3n) is 3.62. The van der Waals surface area contributed by atoms with Crippen LogP contribution >= 0.6 is 0 Å². The Hall–Kier alpha value is -3.15. The lowest BCUT2D eigenvalue weighted by atomic mass is 10.1. The molecule has 3 rings (SSSR count). The number of rotatable bonds is 6. The molecule has 24 heavy (non-hydrogen) atoms. The molecule has 1 atom stereocenters.